The lowest BCUT2D eigenvalue weighted by molar-refractivity contribution is 0.270. The number of hydrogen-bond donors (Lipinski definition) is 0. The zero-order valence-electron chi connectivity index (χ0n) is 22.5. The Kier molecular flexibility index (Phi) is 8.52. The van der Waals surface area contributed by atoms with E-state index in [1.807, 2.05) is 56.3 Å². The summed E-state index contributed by atoms with van der Waals surface area (Å²) in [7, 11) is 0. The van der Waals surface area contributed by atoms with Crippen molar-refractivity contribution >= 4 is 55.4 Å². The van der Waals surface area contributed by atoms with E-state index >= 15 is 0 Å². The summed E-state index contributed by atoms with van der Waals surface area (Å²) < 4.78 is 14.3. The minimum atomic E-state index is -0.232. The SMILES string of the molecule is CCOc1cc(C=Nn2c([C@H](C)CC)nc3ccc(Br)cc3c2=O)cc(Cl)c1OCc1cccc2ccccc12. The van der Waals surface area contributed by atoms with E-state index in [4.69, 9.17) is 26.1 Å². The van der Waals surface area contributed by atoms with Crippen molar-refractivity contribution in [3.05, 3.63) is 110 Å². The third-order valence-electron chi connectivity index (χ3n) is 6.79. The second kappa shape index (κ2) is 12.2. The van der Waals surface area contributed by atoms with Gasteiger partial charge in [0.2, 0.25) is 0 Å². The van der Waals surface area contributed by atoms with Crippen molar-refractivity contribution in [2.24, 2.45) is 5.10 Å². The Balaban J connectivity index is 1.50. The van der Waals surface area contributed by atoms with E-state index in [1.165, 1.54) is 4.68 Å². The zero-order chi connectivity index (χ0) is 28.2. The molecule has 40 heavy (non-hydrogen) atoms. The second-order valence-corrected chi connectivity index (χ2v) is 10.8. The van der Waals surface area contributed by atoms with Gasteiger partial charge in [0.25, 0.3) is 5.56 Å². The van der Waals surface area contributed by atoms with Crippen LogP contribution in [0.15, 0.2) is 87.2 Å². The summed E-state index contributed by atoms with van der Waals surface area (Å²) in [6.07, 6.45) is 2.41. The Bertz CT molecular complexity index is 1780. The molecule has 204 valence electrons. The first-order chi connectivity index (χ1) is 19.4. The molecule has 6 nitrogen and oxygen atoms in total. The Morgan fingerprint density at radius 1 is 1.02 bits per heavy atom. The molecule has 4 aromatic carbocycles. The van der Waals surface area contributed by atoms with Crippen LogP contribution < -0.4 is 15.0 Å². The largest absolute Gasteiger partial charge is 0.490 e. The molecule has 0 bridgehead atoms. The van der Waals surface area contributed by atoms with E-state index in [-0.39, 0.29) is 11.5 Å². The molecule has 5 rings (SSSR count). The van der Waals surface area contributed by atoms with Gasteiger partial charge < -0.3 is 9.47 Å². The number of nitrogens with zero attached hydrogens (tertiary/aromatic N) is 3. The van der Waals surface area contributed by atoms with Crippen LogP contribution in [0, 0.1) is 0 Å². The zero-order valence-corrected chi connectivity index (χ0v) is 24.9. The molecule has 1 aromatic heterocycles. The standard InChI is InChI=1S/C32H29BrClN3O3/c1-4-20(3)31-36-28-14-13-24(33)17-26(28)32(38)37(31)35-18-21-15-27(34)30(29(16-21)39-5-2)40-19-23-11-8-10-22-9-6-7-12-25(22)23/h6-18,20H,4-5,19H2,1-3H3/t20-/m1/s1. The Morgan fingerprint density at radius 3 is 2.62 bits per heavy atom. The van der Waals surface area contributed by atoms with Crippen LogP contribution in [-0.2, 0) is 6.61 Å². The third kappa shape index (κ3) is 5.76. The van der Waals surface area contributed by atoms with Gasteiger partial charge >= 0.3 is 0 Å². The van der Waals surface area contributed by atoms with Gasteiger partial charge in [0.15, 0.2) is 11.5 Å². The highest BCUT2D eigenvalue weighted by Gasteiger charge is 2.17. The summed E-state index contributed by atoms with van der Waals surface area (Å²) in [4.78, 5) is 18.2. The quantitative estimate of drug-likeness (QED) is 0.156. The molecule has 0 radical (unpaired) electrons. The van der Waals surface area contributed by atoms with Gasteiger partial charge in [-0.05, 0) is 65.6 Å². The van der Waals surface area contributed by atoms with Gasteiger partial charge in [-0.15, -0.1) is 0 Å². The fraction of sp³-hybridized carbons (Fsp3) is 0.219. The molecule has 0 N–H and O–H groups in total. The molecule has 0 fully saturated rings. The molecule has 5 aromatic rings. The minimum absolute atomic E-state index is 0.0327. The van der Waals surface area contributed by atoms with E-state index in [0.717, 1.165) is 27.2 Å². The van der Waals surface area contributed by atoms with Crippen LogP contribution in [0.1, 0.15) is 50.1 Å². The van der Waals surface area contributed by atoms with E-state index in [9.17, 15) is 4.79 Å². The number of hydrogen-bond acceptors (Lipinski definition) is 5. The van der Waals surface area contributed by atoms with Crippen LogP contribution >= 0.6 is 27.5 Å². The van der Waals surface area contributed by atoms with Crippen molar-refractivity contribution in [2.75, 3.05) is 6.61 Å². The number of fused-ring (bicyclic) bond motifs is 2. The van der Waals surface area contributed by atoms with Crippen LogP contribution in [-0.4, -0.2) is 22.5 Å². The molecule has 0 aliphatic rings. The Labute approximate surface area is 246 Å². The molecule has 0 unspecified atom stereocenters. The van der Waals surface area contributed by atoms with E-state index in [0.29, 0.717) is 52.0 Å². The lowest BCUT2D eigenvalue weighted by atomic mass is 10.1. The van der Waals surface area contributed by atoms with Crippen LogP contribution in [0.3, 0.4) is 0 Å². The summed E-state index contributed by atoms with van der Waals surface area (Å²) in [6, 6.07) is 23.4. The lowest BCUT2D eigenvalue weighted by Crippen LogP contribution is -2.23. The van der Waals surface area contributed by atoms with Crippen molar-refractivity contribution < 1.29 is 9.47 Å². The molecule has 0 saturated carbocycles. The number of rotatable bonds is 9. The molecular weight excluding hydrogens is 590 g/mol. The normalized spacial score (nSPS) is 12.3. The summed E-state index contributed by atoms with van der Waals surface area (Å²) >= 11 is 10.2. The fourth-order valence-electron chi connectivity index (χ4n) is 4.54. The molecule has 1 atom stereocenters. The Morgan fingerprint density at radius 2 is 1.82 bits per heavy atom. The summed E-state index contributed by atoms with van der Waals surface area (Å²) in [5, 5.41) is 7.73. The molecule has 0 amide bonds. The van der Waals surface area contributed by atoms with Crippen molar-refractivity contribution in [3.8, 4) is 11.5 Å². The van der Waals surface area contributed by atoms with Crippen LogP contribution in [0.5, 0.6) is 11.5 Å². The average molecular weight is 619 g/mol. The highest BCUT2D eigenvalue weighted by molar-refractivity contribution is 9.10. The first kappa shape index (κ1) is 27.9. The van der Waals surface area contributed by atoms with Gasteiger partial charge in [-0.25, -0.2) is 4.98 Å². The molecular formula is C32H29BrClN3O3. The Hall–Kier alpha value is -3.68. The van der Waals surface area contributed by atoms with Gasteiger partial charge in [0, 0.05) is 10.4 Å². The highest BCUT2D eigenvalue weighted by atomic mass is 79.9. The van der Waals surface area contributed by atoms with Gasteiger partial charge in [-0.3, -0.25) is 4.79 Å². The average Bonchev–Trinajstić information content (AvgIpc) is 2.96. The number of ether oxygens (including phenoxy) is 2. The van der Waals surface area contributed by atoms with E-state index in [1.54, 1.807) is 18.3 Å². The van der Waals surface area contributed by atoms with Gasteiger partial charge in [0.1, 0.15) is 12.4 Å². The molecule has 1 heterocycles. The summed E-state index contributed by atoms with van der Waals surface area (Å²) in [5.74, 6) is 1.60. The lowest BCUT2D eigenvalue weighted by Gasteiger charge is -2.16. The molecule has 8 heteroatoms. The van der Waals surface area contributed by atoms with Crippen molar-refractivity contribution in [1.82, 2.24) is 9.66 Å². The first-order valence-electron chi connectivity index (χ1n) is 13.2. The maximum atomic E-state index is 13.5. The van der Waals surface area contributed by atoms with Crippen molar-refractivity contribution in [1.29, 1.82) is 0 Å². The molecule has 0 spiro atoms. The topological polar surface area (TPSA) is 65.7 Å². The minimum Gasteiger partial charge on any atom is -0.490 e. The summed E-state index contributed by atoms with van der Waals surface area (Å²) in [5.41, 5.74) is 2.13. The number of benzene rings is 4. The van der Waals surface area contributed by atoms with Gasteiger partial charge in [-0.1, -0.05) is 83.8 Å². The van der Waals surface area contributed by atoms with Gasteiger partial charge in [0.05, 0.1) is 28.7 Å². The highest BCUT2D eigenvalue weighted by Crippen LogP contribution is 2.37. The molecule has 0 saturated heterocycles. The predicted octanol–water partition coefficient (Wildman–Crippen LogP) is 8.34. The maximum absolute atomic E-state index is 13.5. The maximum Gasteiger partial charge on any atom is 0.282 e. The molecule has 0 aliphatic heterocycles. The van der Waals surface area contributed by atoms with Crippen LogP contribution in [0.4, 0.5) is 0 Å². The summed E-state index contributed by atoms with van der Waals surface area (Å²) in [6.45, 7) is 6.76. The smallest absolute Gasteiger partial charge is 0.282 e. The number of halogens is 2. The van der Waals surface area contributed by atoms with E-state index < -0.39 is 0 Å². The fourth-order valence-corrected chi connectivity index (χ4v) is 5.17. The monoisotopic (exact) mass is 617 g/mol. The third-order valence-corrected chi connectivity index (χ3v) is 7.57. The predicted molar refractivity (Wildman–Crippen MR) is 166 cm³/mol. The first-order valence-corrected chi connectivity index (χ1v) is 14.4. The van der Waals surface area contributed by atoms with Crippen molar-refractivity contribution in [2.45, 2.75) is 39.7 Å². The number of aromatic nitrogens is 2. The second-order valence-electron chi connectivity index (χ2n) is 9.49. The van der Waals surface area contributed by atoms with Crippen molar-refractivity contribution in [3.63, 3.8) is 0 Å². The van der Waals surface area contributed by atoms with Gasteiger partial charge in [-0.2, -0.15) is 9.78 Å². The van der Waals surface area contributed by atoms with Crippen LogP contribution in [0.25, 0.3) is 21.7 Å². The molecule has 0 aliphatic carbocycles. The van der Waals surface area contributed by atoms with E-state index in [2.05, 4.69) is 46.2 Å². The van der Waals surface area contributed by atoms with Crippen LogP contribution in [0.2, 0.25) is 5.02 Å².